The molecule has 0 bridgehead atoms. The summed E-state index contributed by atoms with van der Waals surface area (Å²) < 4.78 is 0. The quantitative estimate of drug-likeness (QED) is 0.764. The van der Waals surface area contributed by atoms with E-state index in [1.807, 2.05) is 6.92 Å². The zero-order valence-electron chi connectivity index (χ0n) is 10.5. The van der Waals surface area contributed by atoms with Gasteiger partial charge in [0.25, 0.3) is 0 Å². The SMILES string of the molecule is CCNC(=O)[C@H]1C[C@H](C)CC[C@H]1C(C)C. The molecule has 0 radical (unpaired) electrons. The van der Waals surface area contributed by atoms with E-state index in [1.165, 1.54) is 12.8 Å². The average Bonchev–Trinajstić information content (AvgIpc) is 2.17. The first-order valence-corrected chi connectivity index (χ1v) is 6.34. The number of rotatable bonds is 3. The van der Waals surface area contributed by atoms with E-state index in [4.69, 9.17) is 0 Å². The van der Waals surface area contributed by atoms with Crippen LogP contribution in [0.3, 0.4) is 0 Å². The molecular formula is C13H25NO. The van der Waals surface area contributed by atoms with E-state index in [-0.39, 0.29) is 11.8 Å². The van der Waals surface area contributed by atoms with Gasteiger partial charge in [0.05, 0.1) is 0 Å². The lowest BCUT2D eigenvalue weighted by Gasteiger charge is -2.36. The molecule has 1 rings (SSSR count). The minimum atomic E-state index is 0.258. The summed E-state index contributed by atoms with van der Waals surface area (Å²) in [6, 6.07) is 0. The fourth-order valence-electron chi connectivity index (χ4n) is 2.81. The lowest BCUT2D eigenvalue weighted by Crippen LogP contribution is -2.40. The molecule has 88 valence electrons. The van der Waals surface area contributed by atoms with Crippen LogP contribution in [0.2, 0.25) is 0 Å². The van der Waals surface area contributed by atoms with E-state index in [1.54, 1.807) is 0 Å². The summed E-state index contributed by atoms with van der Waals surface area (Å²) in [5.41, 5.74) is 0. The van der Waals surface area contributed by atoms with E-state index in [0.717, 1.165) is 13.0 Å². The third kappa shape index (κ3) is 3.22. The summed E-state index contributed by atoms with van der Waals surface area (Å²) in [6.45, 7) is 9.51. The van der Waals surface area contributed by atoms with Gasteiger partial charge in [-0.25, -0.2) is 0 Å². The van der Waals surface area contributed by atoms with Gasteiger partial charge in [0.15, 0.2) is 0 Å². The molecule has 1 fully saturated rings. The van der Waals surface area contributed by atoms with Gasteiger partial charge in [0.2, 0.25) is 5.91 Å². The zero-order valence-corrected chi connectivity index (χ0v) is 10.5. The van der Waals surface area contributed by atoms with E-state index >= 15 is 0 Å². The number of carbonyl (C=O) groups excluding carboxylic acids is 1. The first kappa shape index (κ1) is 12.5. The molecule has 0 aromatic heterocycles. The summed E-state index contributed by atoms with van der Waals surface area (Å²) in [5, 5.41) is 2.98. The summed E-state index contributed by atoms with van der Waals surface area (Å²) >= 11 is 0. The van der Waals surface area contributed by atoms with Crippen LogP contribution in [0.4, 0.5) is 0 Å². The van der Waals surface area contributed by atoms with Crippen LogP contribution in [0.25, 0.3) is 0 Å². The Morgan fingerprint density at radius 3 is 2.60 bits per heavy atom. The topological polar surface area (TPSA) is 29.1 Å². The third-order valence-corrected chi connectivity index (χ3v) is 3.71. The van der Waals surface area contributed by atoms with Crippen molar-refractivity contribution in [2.45, 2.75) is 47.0 Å². The van der Waals surface area contributed by atoms with Gasteiger partial charge in [-0.15, -0.1) is 0 Å². The highest BCUT2D eigenvalue weighted by molar-refractivity contribution is 5.79. The van der Waals surface area contributed by atoms with Crippen molar-refractivity contribution in [2.75, 3.05) is 6.54 Å². The first-order chi connectivity index (χ1) is 7.06. The summed E-state index contributed by atoms with van der Waals surface area (Å²) in [5.74, 6) is 2.47. The standard InChI is InChI=1S/C13H25NO/c1-5-14-13(15)12-8-10(4)6-7-11(12)9(2)3/h9-12H,5-8H2,1-4H3,(H,14,15)/t10-,11+,12+/m1/s1. The van der Waals surface area contributed by atoms with Crippen LogP contribution in [-0.4, -0.2) is 12.5 Å². The Hall–Kier alpha value is -0.530. The lowest BCUT2D eigenvalue weighted by atomic mass is 9.70. The van der Waals surface area contributed by atoms with Gasteiger partial charge in [0, 0.05) is 12.5 Å². The van der Waals surface area contributed by atoms with Crippen molar-refractivity contribution in [1.82, 2.24) is 5.32 Å². The van der Waals surface area contributed by atoms with E-state index in [2.05, 4.69) is 26.1 Å². The highest BCUT2D eigenvalue weighted by Crippen LogP contribution is 2.37. The number of hydrogen-bond acceptors (Lipinski definition) is 1. The van der Waals surface area contributed by atoms with Crippen LogP contribution in [0, 0.1) is 23.7 Å². The maximum atomic E-state index is 11.9. The molecule has 2 heteroatoms. The maximum Gasteiger partial charge on any atom is 0.223 e. The number of carbonyl (C=O) groups is 1. The Balaban J connectivity index is 2.65. The van der Waals surface area contributed by atoms with Crippen molar-refractivity contribution < 1.29 is 4.79 Å². The van der Waals surface area contributed by atoms with Crippen LogP contribution in [-0.2, 0) is 4.79 Å². The van der Waals surface area contributed by atoms with Crippen molar-refractivity contribution >= 4 is 5.91 Å². The minimum Gasteiger partial charge on any atom is -0.356 e. The van der Waals surface area contributed by atoms with Gasteiger partial charge in [0.1, 0.15) is 0 Å². The largest absolute Gasteiger partial charge is 0.356 e. The van der Waals surface area contributed by atoms with Gasteiger partial charge in [-0.05, 0) is 37.5 Å². The molecule has 1 aliphatic carbocycles. The number of hydrogen-bond donors (Lipinski definition) is 1. The van der Waals surface area contributed by atoms with Crippen LogP contribution >= 0.6 is 0 Å². The smallest absolute Gasteiger partial charge is 0.223 e. The van der Waals surface area contributed by atoms with E-state index < -0.39 is 0 Å². The molecule has 1 amide bonds. The number of amides is 1. The average molecular weight is 211 g/mol. The molecule has 3 atom stereocenters. The minimum absolute atomic E-state index is 0.258. The molecular weight excluding hydrogens is 186 g/mol. The highest BCUT2D eigenvalue weighted by atomic mass is 16.1. The third-order valence-electron chi connectivity index (χ3n) is 3.71. The molecule has 15 heavy (non-hydrogen) atoms. The highest BCUT2D eigenvalue weighted by Gasteiger charge is 2.34. The van der Waals surface area contributed by atoms with Crippen LogP contribution in [0.1, 0.15) is 47.0 Å². The van der Waals surface area contributed by atoms with Crippen molar-refractivity contribution in [3.05, 3.63) is 0 Å². The summed E-state index contributed by atoms with van der Waals surface area (Å²) in [4.78, 5) is 11.9. The second-order valence-corrected chi connectivity index (χ2v) is 5.33. The maximum absolute atomic E-state index is 11.9. The Kier molecular flexibility index (Phi) is 4.62. The molecule has 1 N–H and O–H groups in total. The molecule has 2 nitrogen and oxygen atoms in total. The van der Waals surface area contributed by atoms with E-state index in [9.17, 15) is 4.79 Å². The van der Waals surface area contributed by atoms with Crippen molar-refractivity contribution in [2.24, 2.45) is 23.7 Å². The normalized spacial score (nSPS) is 31.7. The van der Waals surface area contributed by atoms with Gasteiger partial charge in [-0.1, -0.05) is 27.2 Å². The van der Waals surface area contributed by atoms with Crippen molar-refractivity contribution in [3.8, 4) is 0 Å². The predicted molar refractivity (Wildman–Crippen MR) is 63.5 cm³/mol. The molecule has 0 spiro atoms. The second-order valence-electron chi connectivity index (χ2n) is 5.33. The molecule has 0 heterocycles. The fraction of sp³-hybridized carbons (Fsp3) is 0.923. The molecule has 0 saturated heterocycles. The molecule has 0 aromatic rings. The monoisotopic (exact) mass is 211 g/mol. The first-order valence-electron chi connectivity index (χ1n) is 6.34. The molecule has 0 aromatic carbocycles. The van der Waals surface area contributed by atoms with Gasteiger partial charge in [-0.2, -0.15) is 0 Å². The van der Waals surface area contributed by atoms with Crippen molar-refractivity contribution in [3.63, 3.8) is 0 Å². The second kappa shape index (κ2) is 5.53. The van der Waals surface area contributed by atoms with Crippen LogP contribution in [0.5, 0.6) is 0 Å². The summed E-state index contributed by atoms with van der Waals surface area (Å²) in [6.07, 6.45) is 3.59. The zero-order chi connectivity index (χ0) is 11.4. The van der Waals surface area contributed by atoms with Gasteiger partial charge >= 0.3 is 0 Å². The lowest BCUT2D eigenvalue weighted by molar-refractivity contribution is -0.129. The van der Waals surface area contributed by atoms with Crippen molar-refractivity contribution in [1.29, 1.82) is 0 Å². The predicted octanol–water partition coefficient (Wildman–Crippen LogP) is 2.83. The Morgan fingerprint density at radius 1 is 1.40 bits per heavy atom. The van der Waals surface area contributed by atoms with Crippen LogP contribution in [0.15, 0.2) is 0 Å². The Morgan fingerprint density at radius 2 is 2.07 bits per heavy atom. The van der Waals surface area contributed by atoms with Gasteiger partial charge < -0.3 is 5.32 Å². The molecule has 0 aliphatic heterocycles. The molecule has 1 saturated carbocycles. The van der Waals surface area contributed by atoms with Crippen LogP contribution < -0.4 is 5.32 Å². The Bertz CT molecular complexity index is 213. The number of nitrogens with one attached hydrogen (secondary N) is 1. The molecule has 1 aliphatic rings. The summed E-state index contributed by atoms with van der Waals surface area (Å²) in [7, 11) is 0. The van der Waals surface area contributed by atoms with E-state index in [0.29, 0.717) is 17.8 Å². The fourth-order valence-corrected chi connectivity index (χ4v) is 2.81. The Labute approximate surface area is 93.8 Å². The van der Waals surface area contributed by atoms with Gasteiger partial charge in [-0.3, -0.25) is 4.79 Å². The molecule has 0 unspecified atom stereocenters.